The standard InChI is InChI=1S/C20H18O4/c21-12-20(13-24-19(22)17-6-3-11-23-17)10-9-15-8-7-14-4-1-2-5-16(14)18(15)20/h1-8,11,21H,9-10,12-13H2. The Kier molecular flexibility index (Phi) is 3.62. The minimum atomic E-state index is -0.557. The van der Waals surface area contributed by atoms with Crippen LogP contribution in [0.15, 0.2) is 59.2 Å². The Labute approximate surface area is 139 Å². The number of aliphatic hydroxyl groups is 1. The van der Waals surface area contributed by atoms with Gasteiger partial charge in [-0.3, -0.25) is 0 Å². The first-order valence-corrected chi connectivity index (χ1v) is 8.06. The summed E-state index contributed by atoms with van der Waals surface area (Å²) in [6.07, 6.45) is 3.08. The molecule has 4 nitrogen and oxygen atoms in total. The van der Waals surface area contributed by atoms with Gasteiger partial charge in [-0.2, -0.15) is 0 Å². The topological polar surface area (TPSA) is 59.7 Å². The maximum atomic E-state index is 12.1. The maximum absolute atomic E-state index is 12.1. The summed E-state index contributed by atoms with van der Waals surface area (Å²) in [6, 6.07) is 15.6. The van der Waals surface area contributed by atoms with Crippen molar-refractivity contribution in [3.8, 4) is 0 Å². The third kappa shape index (κ3) is 2.31. The van der Waals surface area contributed by atoms with Gasteiger partial charge in [0, 0.05) is 0 Å². The fourth-order valence-corrected chi connectivity index (χ4v) is 3.67. The minimum absolute atomic E-state index is 0.0561. The van der Waals surface area contributed by atoms with Crippen molar-refractivity contribution in [1.29, 1.82) is 0 Å². The van der Waals surface area contributed by atoms with E-state index in [1.165, 1.54) is 11.8 Å². The first kappa shape index (κ1) is 15.0. The minimum Gasteiger partial charge on any atom is -0.459 e. The van der Waals surface area contributed by atoms with E-state index in [4.69, 9.17) is 9.15 Å². The molecule has 0 saturated carbocycles. The van der Waals surface area contributed by atoms with Crippen molar-refractivity contribution in [3.63, 3.8) is 0 Å². The van der Waals surface area contributed by atoms with Crippen molar-refractivity contribution >= 4 is 16.7 Å². The first-order valence-electron chi connectivity index (χ1n) is 8.06. The molecule has 1 atom stereocenters. The molecule has 1 aliphatic carbocycles. The van der Waals surface area contributed by atoms with Crippen LogP contribution in [0.25, 0.3) is 10.8 Å². The number of carbonyl (C=O) groups excluding carboxylic acids is 1. The van der Waals surface area contributed by atoms with Crippen LogP contribution in [0.5, 0.6) is 0 Å². The number of ether oxygens (including phenoxy) is 1. The molecule has 0 saturated heterocycles. The molecule has 0 aliphatic heterocycles. The van der Waals surface area contributed by atoms with E-state index in [2.05, 4.69) is 24.3 Å². The Morgan fingerprint density at radius 2 is 2.04 bits per heavy atom. The van der Waals surface area contributed by atoms with Crippen molar-refractivity contribution < 1.29 is 19.1 Å². The average Bonchev–Trinajstić information content (AvgIpc) is 3.28. The Bertz CT molecular complexity index is 882. The molecule has 0 fully saturated rings. The van der Waals surface area contributed by atoms with Crippen molar-refractivity contribution in [3.05, 3.63) is 71.7 Å². The molecule has 1 unspecified atom stereocenters. The Morgan fingerprint density at radius 3 is 2.83 bits per heavy atom. The molecular weight excluding hydrogens is 304 g/mol. The van der Waals surface area contributed by atoms with Crippen molar-refractivity contribution in [2.75, 3.05) is 13.2 Å². The van der Waals surface area contributed by atoms with E-state index in [0.29, 0.717) is 0 Å². The Balaban J connectivity index is 1.70. The van der Waals surface area contributed by atoms with Crippen molar-refractivity contribution in [2.45, 2.75) is 18.3 Å². The predicted molar refractivity (Wildman–Crippen MR) is 90.0 cm³/mol. The molecule has 122 valence electrons. The highest BCUT2D eigenvalue weighted by atomic mass is 16.5. The largest absolute Gasteiger partial charge is 0.459 e. The smallest absolute Gasteiger partial charge is 0.374 e. The SMILES string of the molecule is O=C(OCC1(CO)CCc2ccc3ccccc3c21)c1ccco1. The second kappa shape index (κ2) is 5.80. The van der Waals surface area contributed by atoms with Gasteiger partial charge in [-0.15, -0.1) is 0 Å². The molecule has 1 N–H and O–H groups in total. The molecule has 1 heterocycles. The van der Waals surface area contributed by atoms with Crippen LogP contribution in [0.4, 0.5) is 0 Å². The number of benzene rings is 2. The van der Waals surface area contributed by atoms with Gasteiger partial charge in [0.25, 0.3) is 0 Å². The molecule has 1 aromatic heterocycles. The predicted octanol–water partition coefficient (Wildman–Crippen LogP) is 3.47. The lowest BCUT2D eigenvalue weighted by atomic mass is 9.81. The molecular formula is C20H18O4. The number of hydrogen-bond acceptors (Lipinski definition) is 4. The van der Waals surface area contributed by atoms with Gasteiger partial charge in [0.15, 0.2) is 0 Å². The average molecular weight is 322 g/mol. The summed E-state index contributed by atoms with van der Waals surface area (Å²) in [5, 5.41) is 12.4. The summed E-state index contributed by atoms with van der Waals surface area (Å²) in [5.41, 5.74) is 1.77. The van der Waals surface area contributed by atoms with Gasteiger partial charge in [-0.1, -0.05) is 36.4 Å². The van der Waals surface area contributed by atoms with E-state index in [9.17, 15) is 9.90 Å². The normalized spacial score (nSPS) is 19.4. The summed E-state index contributed by atoms with van der Waals surface area (Å²) in [7, 11) is 0. The van der Waals surface area contributed by atoms with Crippen LogP contribution in [-0.2, 0) is 16.6 Å². The van der Waals surface area contributed by atoms with E-state index in [-0.39, 0.29) is 19.0 Å². The first-order chi connectivity index (χ1) is 11.7. The molecule has 4 heteroatoms. The molecule has 24 heavy (non-hydrogen) atoms. The third-order valence-electron chi connectivity index (χ3n) is 4.92. The quantitative estimate of drug-likeness (QED) is 0.747. The number of aliphatic hydroxyl groups excluding tert-OH is 1. The van der Waals surface area contributed by atoms with E-state index < -0.39 is 11.4 Å². The molecule has 3 aromatic rings. The van der Waals surface area contributed by atoms with Crippen LogP contribution < -0.4 is 0 Å². The van der Waals surface area contributed by atoms with Gasteiger partial charge >= 0.3 is 5.97 Å². The van der Waals surface area contributed by atoms with Gasteiger partial charge < -0.3 is 14.3 Å². The monoisotopic (exact) mass is 322 g/mol. The summed E-state index contributed by atoms with van der Waals surface area (Å²) in [6.45, 7) is 0.0868. The van der Waals surface area contributed by atoms with Crippen LogP contribution in [-0.4, -0.2) is 24.3 Å². The lowest BCUT2D eigenvalue weighted by molar-refractivity contribution is 0.0288. The second-order valence-corrected chi connectivity index (χ2v) is 6.31. The highest BCUT2D eigenvalue weighted by molar-refractivity contribution is 5.89. The van der Waals surface area contributed by atoms with E-state index in [1.807, 2.05) is 12.1 Å². The second-order valence-electron chi connectivity index (χ2n) is 6.31. The number of aryl methyl sites for hydroxylation is 1. The lowest BCUT2D eigenvalue weighted by Gasteiger charge is -2.28. The molecule has 4 rings (SSSR count). The summed E-state index contributed by atoms with van der Waals surface area (Å²) in [5.74, 6) is -0.319. The van der Waals surface area contributed by atoms with Crippen LogP contribution in [0.2, 0.25) is 0 Å². The van der Waals surface area contributed by atoms with Crippen molar-refractivity contribution in [2.24, 2.45) is 0 Å². The van der Waals surface area contributed by atoms with Gasteiger partial charge in [0.05, 0.1) is 18.3 Å². The highest BCUT2D eigenvalue weighted by Crippen LogP contribution is 2.43. The van der Waals surface area contributed by atoms with Crippen LogP contribution >= 0.6 is 0 Å². The van der Waals surface area contributed by atoms with Gasteiger partial charge in [0.1, 0.15) is 6.61 Å². The highest BCUT2D eigenvalue weighted by Gasteiger charge is 2.41. The molecule has 2 aromatic carbocycles. The maximum Gasteiger partial charge on any atom is 0.374 e. The fourth-order valence-electron chi connectivity index (χ4n) is 3.67. The summed E-state index contributed by atoms with van der Waals surface area (Å²) >= 11 is 0. The van der Waals surface area contributed by atoms with E-state index in [0.717, 1.165) is 29.2 Å². The Hall–Kier alpha value is -2.59. The number of esters is 1. The van der Waals surface area contributed by atoms with Crippen molar-refractivity contribution in [1.82, 2.24) is 0 Å². The van der Waals surface area contributed by atoms with Crippen LogP contribution in [0.1, 0.15) is 28.1 Å². The van der Waals surface area contributed by atoms with E-state index >= 15 is 0 Å². The number of furan rings is 1. The van der Waals surface area contributed by atoms with E-state index in [1.54, 1.807) is 12.1 Å². The zero-order valence-electron chi connectivity index (χ0n) is 13.2. The molecule has 0 spiro atoms. The number of carbonyl (C=O) groups is 1. The number of hydrogen-bond donors (Lipinski definition) is 1. The fraction of sp³-hybridized carbons (Fsp3) is 0.250. The summed E-state index contributed by atoms with van der Waals surface area (Å²) < 4.78 is 10.6. The van der Waals surface area contributed by atoms with Gasteiger partial charge in [-0.25, -0.2) is 4.79 Å². The number of rotatable bonds is 4. The third-order valence-corrected chi connectivity index (χ3v) is 4.92. The molecule has 0 amide bonds. The zero-order chi connectivity index (χ0) is 16.6. The van der Waals surface area contributed by atoms with Gasteiger partial charge in [0.2, 0.25) is 5.76 Å². The molecule has 1 aliphatic rings. The van der Waals surface area contributed by atoms with Crippen LogP contribution in [0, 0.1) is 0 Å². The molecule has 0 bridgehead atoms. The zero-order valence-corrected chi connectivity index (χ0v) is 13.2. The lowest BCUT2D eigenvalue weighted by Crippen LogP contribution is -2.35. The van der Waals surface area contributed by atoms with Crippen LogP contribution in [0.3, 0.4) is 0 Å². The number of fused-ring (bicyclic) bond motifs is 3. The van der Waals surface area contributed by atoms with Gasteiger partial charge in [-0.05, 0) is 46.9 Å². The summed E-state index contributed by atoms with van der Waals surface area (Å²) in [4.78, 5) is 12.1. The molecule has 0 radical (unpaired) electrons. The Morgan fingerprint density at radius 1 is 1.17 bits per heavy atom.